The molecule has 22 heavy (non-hydrogen) atoms. The van der Waals surface area contributed by atoms with Crippen molar-refractivity contribution in [2.24, 2.45) is 11.7 Å². The molecular formula is C16H24ClN3O2. The number of rotatable bonds is 7. The summed E-state index contributed by atoms with van der Waals surface area (Å²) in [5.41, 5.74) is 6.03. The van der Waals surface area contributed by atoms with Gasteiger partial charge in [0.2, 0.25) is 11.8 Å². The minimum atomic E-state index is -0.385. The first-order valence-corrected chi connectivity index (χ1v) is 7.51. The van der Waals surface area contributed by atoms with Crippen LogP contribution in [0.5, 0.6) is 0 Å². The van der Waals surface area contributed by atoms with Gasteiger partial charge in [-0.25, -0.2) is 0 Å². The van der Waals surface area contributed by atoms with Crippen LogP contribution in [0.1, 0.15) is 25.7 Å². The number of hydrogen-bond acceptors (Lipinski definition) is 3. The lowest BCUT2D eigenvalue weighted by molar-refractivity contribution is -0.119. The second-order valence-electron chi connectivity index (χ2n) is 5.49. The number of amides is 2. The van der Waals surface area contributed by atoms with Gasteiger partial charge in [-0.05, 0) is 44.0 Å². The molecule has 0 spiro atoms. The van der Waals surface area contributed by atoms with Gasteiger partial charge in [0.1, 0.15) is 0 Å². The lowest BCUT2D eigenvalue weighted by Gasteiger charge is -2.23. The maximum absolute atomic E-state index is 12.5. The molecule has 1 atom stereocenters. The van der Waals surface area contributed by atoms with Gasteiger partial charge in [-0.1, -0.05) is 18.2 Å². The second-order valence-corrected chi connectivity index (χ2v) is 5.49. The largest absolute Gasteiger partial charge is 0.370 e. The third-order valence-corrected chi connectivity index (χ3v) is 3.88. The molecule has 5 nitrogen and oxygen atoms in total. The highest BCUT2D eigenvalue weighted by atomic mass is 35.5. The van der Waals surface area contributed by atoms with E-state index >= 15 is 0 Å². The summed E-state index contributed by atoms with van der Waals surface area (Å²) in [7, 11) is 0. The predicted molar refractivity (Wildman–Crippen MR) is 90.1 cm³/mol. The summed E-state index contributed by atoms with van der Waals surface area (Å²) in [5, 5.41) is 3.31. The molecule has 0 aromatic heterocycles. The first kappa shape index (κ1) is 18.5. The van der Waals surface area contributed by atoms with Crippen LogP contribution in [0, 0.1) is 5.92 Å². The van der Waals surface area contributed by atoms with E-state index in [9.17, 15) is 9.59 Å². The Bertz CT molecular complexity index is 476. The zero-order chi connectivity index (χ0) is 15.1. The number of halogens is 1. The Morgan fingerprint density at radius 2 is 1.95 bits per heavy atom. The van der Waals surface area contributed by atoms with Gasteiger partial charge in [0.05, 0.1) is 0 Å². The van der Waals surface area contributed by atoms with Crippen molar-refractivity contribution in [3.05, 3.63) is 30.3 Å². The van der Waals surface area contributed by atoms with E-state index in [0.717, 1.165) is 31.6 Å². The minimum absolute atomic E-state index is 0. The van der Waals surface area contributed by atoms with E-state index < -0.39 is 0 Å². The lowest BCUT2D eigenvalue weighted by atomic mass is 10.0. The van der Waals surface area contributed by atoms with Crippen molar-refractivity contribution in [2.75, 3.05) is 24.5 Å². The maximum Gasteiger partial charge on any atom is 0.227 e. The van der Waals surface area contributed by atoms with Crippen LogP contribution in [-0.2, 0) is 9.59 Å². The van der Waals surface area contributed by atoms with Crippen LogP contribution >= 0.6 is 12.4 Å². The van der Waals surface area contributed by atoms with Crippen molar-refractivity contribution < 1.29 is 9.59 Å². The van der Waals surface area contributed by atoms with Gasteiger partial charge in [0, 0.05) is 25.1 Å². The number of hydrogen-bond donors (Lipinski definition) is 2. The van der Waals surface area contributed by atoms with Crippen LogP contribution in [0.25, 0.3) is 0 Å². The molecule has 2 rings (SSSR count). The first-order chi connectivity index (χ1) is 10.2. The normalized spacial score (nSPS) is 16.8. The van der Waals surface area contributed by atoms with Crippen LogP contribution in [0.2, 0.25) is 0 Å². The monoisotopic (exact) mass is 325 g/mol. The Kier molecular flexibility index (Phi) is 7.91. The van der Waals surface area contributed by atoms with E-state index in [4.69, 9.17) is 5.73 Å². The van der Waals surface area contributed by atoms with Crippen molar-refractivity contribution >= 4 is 29.9 Å². The average Bonchev–Trinajstić information content (AvgIpc) is 2.99. The van der Waals surface area contributed by atoms with Crippen molar-refractivity contribution in [1.82, 2.24) is 5.32 Å². The Morgan fingerprint density at radius 1 is 1.23 bits per heavy atom. The number of carbonyl (C=O) groups excluding carboxylic acids is 2. The van der Waals surface area contributed by atoms with Gasteiger partial charge in [0.15, 0.2) is 0 Å². The summed E-state index contributed by atoms with van der Waals surface area (Å²) in [4.78, 5) is 25.1. The molecule has 0 saturated carbocycles. The number of nitrogens with one attached hydrogen (secondary N) is 1. The van der Waals surface area contributed by atoms with Crippen LogP contribution in [0.3, 0.4) is 0 Å². The summed E-state index contributed by atoms with van der Waals surface area (Å²) >= 11 is 0. The third-order valence-electron chi connectivity index (χ3n) is 3.88. The molecule has 1 aliphatic rings. The summed E-state index contributed by atoms with van der Waals surface area (Å²) < 4.78 is 0. The van der Waals surface area contributed by atoms with Crippen LogP contribution in [0.4, 0.5) is 5.69 Å². The van der Waals surface area contributed by atoms with E-state index in [1.165, 1.54) is 0 Å². The number of anilines is 1. The van der Waals surface area contributed by atoms with Crippen LogP contribution < -0.4 is 16.0 Å². The fraction of sp³-hybridized carbons (Fsp3) is 0.500. The third kappa shape index (κ3) is 5.66. The van der Waals surface area contributed by atoms with Gasteiger partial charge >= 0.3 is 0 Å². The second kappa shape index (κ2) is 9.43. The molecule has 1 aromatic rings. The molecule has 0 bridgehead atoms. The number of nitrogens with zero attached hydrogens (tertiary/aromatic N) is 1. The summed E-state index contributed by atoms with van der Waals surface area (Å²) in [6, 6.07) is 9.46. The zero-order valence-electron chi connectivity index (χ0n) is 12.7. The van der Waals surface area contributed by atoms with E-state index in [1.54, 1.807) is 4.90 Å². The molecule has 6 heteroatoms. The molecule has 1 aliphatic heterocycles. The molecule has 3 N–H and O–H groups in total. The van der Waals surface area contributed by atoms with Gasteiger partial charge in [-0.2, -0.15) is 0 Å². The number of para-hydroxylation sites is 1. The molecule has 0 aliphatic carbocycles. The Hall–Kier alpha value is -1.59. The quantitative estimate of drug-likeness (QED) is 0.801. The van der Waals surface area contributed by atoms with Gasteiger partial charge in [0.25, 0.3) is 0 Å². The Labute approximate surface area is 137 Å². The maximum atomic E-state index is 12.5. The number of benzene rings is 1. The van der Waals surface area contributed by atoms with Crippen molar-refractivity contribution in [1.29, 1.82) is 0 Å². The standard InChI is InChI=1S/C16H23N3O2.ClH/c17-15(20)9-11-19(14-4-2-1-3-5-14)16(21)7-6-13-8-10-18-12-13;/h1-5,13,18H,6-12H2,(H2,17,20);1H. The topological polar surface area (TPSA) is 75.4 Å². The lowest BCUT2D eigenvalue weighted by Crippen LogP contribution is -2.34. The first-order valence-electron chi connectivity index (χ1n) is 7.51. The average molecular weight is 326 g/mol. The highest BCUT2D eigenvalue weighted by molar-refractivity contribution is 5.94. The van der Waals surface area contributed by atoms with Gasteiger partial charge in [-0.15, -0.1) is 12.4 Å². The summed E-state index contributed by atoms with van der Waals surface area (Å²) in [6.07, 6.45) is 2.73. The Balaban J connectivity index is 0.00000242. The molecule has 1 aromatic carbocycles. The van der Waals surface area contributed by atoms with Gasteiger partial charge in [-0.3, -0.25) is 9.59 Å². The number of carbonyl (C=O) groups is 2. The molecular weight excluding hydrogens is 302 g/mol. The summed E-state index contributed by atoms with van der Waals surface area (Å²) in [6.45, 7) is 2.39. The fourth-order valence-electron chi connectivity index (χ4n) is 2.65. The molecule has 2 amide bonds. The van der Waals surface area contributed by atoms with E-state index in [-0.39, 0.29) is 30.6 Å². The highest BCUT2D eigenvalue weighted by Gasteiger charge is 2.20. The summed E-state index contributed by atoms with van der Waals surface area (Å²) in [5.74, 6) is 0.265. The smallest absolute Gasteiger partial charge is 0.227 e. The van der Waals surface area contributed by atoms with Crippen molar-refractivity contribution in [2.45, 2.75) is 25.7 Å². The van der Waals surface area contributed by atoms with Crippen LogP contribution in [-0.4, -0.2) is 31.4 Å². The Morgan fingerprint density at radius 3 is 2.55 bits per heavy atom. The molecule has 122 valence electrons. The fourth-order valence-corrected chi connectivity index (χ4v) is 2.65. The van der Waals surface area contributed by atoms with Crippen molar-refractivity contribution in [3.63, 3.8) is 0 Å². The van der Waals surface area contributed by atoms with E-state index in [1.807, 2.05) is 30.3 Å². The van der Waals surface area contributed by atoms with Crippen LogP contribution in [0.15, 0.2) is 30.3 Å². The van der Waals surface area contributed by atoms with Crippen molar-refractivity contribution in [3.8, 4) is 0 Å². The van der Waals surface area contributed by atoms with E-state index in [0.29, 0.717) is 18.9 Å². The van der Waals surface area contributed by atoms with E-state index in [2.05, 4.69) is 5.32 Å². The predicted octanol–water partition coefficient (Wildman–Crippen LogP) is 1.71. The molecule has 1 heterocycles. The molecule has 1 saturated heterocycles. The molecule has 1 fully saturated rings. The minimum Gasteiger partial charge on any atom is -0.370 e. The highest BCUT2D eigenvalue weighted by Crippen LogP contribution is 2.19. The molecule has 0 radical (unpaired) electrons. The number of nitrogens with two attached hydrogens (primary N) is 1. The van der Waals surface area contributed by atoms with Gasteiger partial charge < -0.3 is 16.0 Å². The zero-order valence-corrected chi connectivity index (χ0v) is 13.5. The SMILES string of the molecule is Cl.NC(=O)CCN(C(=O)CCC1CCNC1)c1ccccc1. The number of primary amides is 1. The molecule has 1 unspecified atom stereocenters.